The molecule has 3 aliphatic rings. The number of amidine groups is 1. The van der Waals surface area contributed by atoms with E-state index in [9.17, 15) is 0 Å². The Balaban J connectivity index is 1.48. The minimum Gasteiger partial charge on any atom is -0.467 e. The summed E-state index contributed by atoms with van der Waals surface area (Å²) in [6.45, 7) is 3.17. The Morgan fingerprint density at radius 1 is 1.25 bits per heavy atom. The van der Waals surface area contributed by atoms with Crippen molar-refractivity contribution in [1.29, 1.82) is 0 Å². The summed E-state index contributed by atoms with van der Waals surface area (Å²) < 4.78 is 11.1. The van der Waals surface area contributed by atoms with E-state index in [2.05, 4.69) is 41.2 Å². The van der Waals surface area contributed by atoms with Crippen LogP contribution >= 0.6 is 0 Å². The lowest BCUT2D eigenvalue weighted by molar-refractivity contribution is -0.0145. The minimum absolute atomic E-state index is 0.0818. The van der Waals surface area contributed by atoms with Gasteiger partial charge in [-0.1, -0.05) is 6.42 Å². The molecule has 3 saturated heterocycles. The fraction of sp³-hybridized carbons (Fsp3) is 0.421. The number of nitrogens with zero attached hydrogens (tertiary/aromatic N) is 6. The van der Waals surface area contributed by atoms with Gasteiger partial charge >= 0.3 is 12.0 Å². The number of hydrogen-bond acceptors (Lipinski definition) is 8. The fourth-order valence-corrected chi connectivity index (χ4v) is 3.58. The second kappa shape index (κ2) is 8.19. The number of aromatic nitrogens is 4. The van der Waals surface area contributed by atoms with Crippen LogP contribution < -0.4 is 10.1 Å². The summed E-state index contributed by atoms with van der Waals surface area (Å²) in [5.41, 5.74) is 1.39. The Morgan fingerprint density at radius 3 is 2.68 bits per heavy atom. The molecule has 2 aromatic heterocycles. The molecule has 9 heteroatoms. The summed E-state index contributed by atoms with van der Waals surface area (Å²) in [5.74, 6) is 1.06. The smallest absolute Gasteiger partial charge is 0.316 e. The number of methoxy groups -OCH3 is 1. The Labute approximate surface area is 163 Å². The van der Waals surface area contributed by atoms with Gasteiger partial charge in [0.05, 0.1) is 12.8 Å². The maximum atomic E-state index is 6.10. The summed E-state index contributed by atoms with van der Waals surface area (Å²) in [5, 5.41) is 3.07. The molecule has 144 valence electrons. The van der Waals surface area contributed by atoms with Crippen LogP contribution in [0.5, 0.6) is 6.01 Å². The number of aliphatic imine (C=N–C) groups is 1. The highest BCUT2D eigenvalue weighted by atomic mass is 16.5. The highest BCUT2D eigenvalue weighted by Gasteiger charge is 2.36. The van der Waals surface area contributed by atoms with Crippen LogP contribution in [0.15, 0.2) is 29.8 Å². The van der Waals surface area contributed by atoms with E-state index in [1.165, 1.54) is 13.4 Å². The van der Waals surface area contributed by atoms with Crippen molar-refractivity contribution in [3.05, 3.63) is 24.8 Å². The molecule has 1 N–H and O–H groups in total. The predicted molar refractivity (Wildman–Crippen MR) is 104 cm³/mol. The molecule has 5 heterocycles. The van der Waals surface area contributed by atoms with Crippen molar-refractivity contribution in [2.75, 3.05) is 32.1 Å². The first-order valence-corrected chi connectivity index (χ1v) is 9.13. The van der Waals surface area contributed by atoms with Crippen LogP contribution in [-0.2, 0) is 4.74 Å². The average Bonchev–Trinajstić information content (AvgIpc) is 2.75. The van der Waals surface area contributed by atoms with Crippen LogP contribution in [0.4, 0.5) is 5.82 Å². The SMILES string of the molecule is C#CN=C(Nc1cc(-c2cnc(OC)nc2)ncn1)OC1CN2CCC1CC2. The molecule has 0 saturated carbocycles. The van der Waals surface area contributed by atoms with Gasteiger partial charge in [-0.25, -0.2) is 19.9 Å². The third kappa shape index (κ3) is 4.02. The monoisotopic (exact) mass is 379 g/mol. The minimum atomic E-state index is 0.0818. The van der Waals surface area contributed by atoms with Gasteiger partial charge < -0.3 is 9.47 Å². The van der Waals surface area contributed by atoms with Gasteiger partial charge in [0, 0.05) is 36.6 Å². The van der Waals surface area contributed by atoms with Gasteiger partial charge in [-0.15, -0.1) is 4.99 Å². The summed E-state index contributed by atoms with van der Waals surface area (Å²) in [6, 6.07) is 4.62. The van der Waals surface area contributed by atoms with Gasteiger partial charge in [-0.3, -0.25) is 10.2 Å². The number of ether oxygens (including phenoxy) is 2. The first-order chi connectivity index (χ1) is 13.7. The zero-order chi connectivity index (χ0) is 19.3. The summed E-state index contributed by atoms with van der Waals surface area (Å²) >= 11 is 0. The van der Waals surface area contributed by atoms with E-state index < -0.39 is 0 Å². The fourth-order valence-electron chi connectivity index (χ4n) is 3.58. The zero-order valence-electron chi connectivity index (χ0n) is 15.6. The summed E-state index contributed by atoms with van der Waals surface area (Å²) in [7, 11) is 1.52. The van der Waals surface area contributed by atoms with Crippen molar-refractivity contribution in [3.8, 4) is 29.7 Å². The maximum Gasteiger partial charge on any atom is 0.316 e. The molecule has 5 rings (SSSR count). The quantitative estimate of drug-likeness (QED) is 0.484. The van der Waals surface area contributed by atoms with Crippen LogP contribution in [0.2, 0.25) is 0 Å². The molecule has 1 atom stereocenters. The number of hydrogen-bond donors (Lipinski definition) is 1. The molecular weight excluding hydrogens is 358 g/mol. The molecule has 0 radical (unpaired) electrons. The molecule has 2 aromatic rings. The van der Waals surface area contributed by atoms with Gasteiger partial charge in [-0.05, 0) is 31.8 Å². The Hall–Kier alpha value is -3.25. The molecule has 0 spiro atoms. The second-order valence-electron chi connectivity index (χ2n) is 6.71. The van der Waals surface area contributed by atoms with Crippen molar-refractivity contribution < 1.29 is 9.47 Å². The molecular formula is C19H21N7O2. The predicted octanol–water partition coefficient (Wildman–Crippen LogP) is 1.41. The zero-order valence-corrected chi connectivity index (χ0v) is 15.6. The van der Waals surface area contributed by atoms with Crippen molar-refractivity contribution in [2.45, 2.75) is 18.9 Å². The van der Waals surface area contributed by atoms with Gasteiger partial charge in [0.15, 0.2) is 0 Å². The van der Waals surface area contributed by atoms with Crippen molar-refractivity contribution >= 4 is 11.8 Å². The molecule has 3 aliphatic heterocycles. The third-order valence-corrected chi connectivity index (χ3v) is 5.03. The summed E-state index contributed by atoms with van der Waals surface area (Å²) in [6.07, 6.45) is 12.5. The lowest BCUT2D eigenvalue weighted by Crippen LogP contribution is -2.52. The largest absolute Gasteiger partial charge is 0.467 e. The topological polar surface area (TPSA) is 97.7 Å². The molecule has 2 bridgehead atoms. The van der Waals surface area contributed by atoms with E-state index in [4.69, 9.17) is 15.9 Å². The lowest BCUT2D eigenvalue weighted by atomic mass is 9.86. The van der Waals surface area contributed by atoms with Crippen LogP contribution in [-0.4, -0.2) is 63.7 Å². The van der Waals surface area contributed by atoms with E-state index in [-0.39, 0.29) is 12.1 Å². The standard InChI is InChI=1S/C19H21N7O2/c1-3-20-19(28-16-11-26-6-4-13(16)5-7-26)25-17-8-15(23-12-24-17)14-9-21-18(27-2)22-10-14/h1,8-10,12-13,16H,4-7,11H2,2H3,(H,20,23,24,25). The van der Waals surface area contributed by atoms with E-state index in [0.29, 0.717) is 23.4 Å². The Bertz CT molecular complexity index is 886. The molecule has 9 nitrogen and oxygen atoms in total. The van der Waals surface area contributed by atoms with E-state index in [0.717, 1.165) is 38.0 Å². The van der Waals surface area contributed by atoms with Gasteiger partial charge in [0.2, 0.25) is 0 Å². The highest BCUT2D eigenvalue weighted by molar-refractivity contribution is 5.89. The van der Waals surface area contributed by atoms with Crippen LogP contribution in [0.25, 0.3) is 11.3 Å². The Morgan fingerprint density at radius 2 is 2.04 bits per heavy atom. The third-order valence-electron chi connectivity index (χ3n) is 5.03. The average molecular weight is 379 g/mol. The highest BCUT2D eigenvalue weighted by Crippen LogP contribution is 2.29. The number of rotatable bonds is 4. The molecule has 3 fully saturated rings. The first-order valence-electron chi connectivity index (χ1n) is 9.13. The lowest BCUT2D eigenvalue weighted by Gasteiger charge is -2.44. The molecule has 0 aromatic carbocycles. The van der Waals surface area contributed by atoms with Gasteiger partial charge in [-0.2, -0.15) is 0 Å². The molecule has 0 aliphatic carbocycles. The van der Waals surface area contributed by atoms with Gasteiger partial charge in [0.25, 0.3) is 0 Å². The van der Waals surface area contributed by atoms with Crippen LogP contribution in [0.3, 0.4) is 0 Å². The molecule has 1 unspecified atom stereocenters. The number of anilines is 1. The van der Waals surface area contributed by atoms with Crippen molar-refractivity contribution in [2.24, 2.45) is 10.9 Å². The molecule has 28 heavy (non-hydrogen) atoms. The number of terminal acetylenes is 1. The van der Waals surface area contributed by atoms with Gasteiger partial charge in [0.1, 0.15) is 18.2 Å². The number of piperidine rings is 3. The van der Waals surface area contributed by atoms with Crippen LogP contribution in [0.1, 0.15) is 12.8 Å². The van der Waals surface area contributed by atoms with Crippen LogP contribution in [0, 0.1) is 18.4 Å². The van der Waals surface area contributed by atoms with E-state index in [1.807, 2.05) is 0 Å². The van der Waals surface area contributed by atoms with E-state index >= 15 is 0 Å². The maximum absolute atomic E-state index is 6.10. The van der Waals surface area contributed by atoms with E-state index in [1.54, 1.807) is 18.5 Å². The Kier molecular flexibility index (Phi) is 5.30. The summed E-state index contributed by atoms with van der Waals surface area (Å²) in [4.78, 5) is 23.1. The van der Waals surface area contributed by atoms with Crippen molar-refractivity contribution in [1.82, 2.24) is 24.8 Å². The normalized spacial score (nSPS) is 23.7. The second-order valence-corrected chi connectivity index (χ2v) is 6.71. The van der Waals surface area contributed by atoms with Crippen molar-refractivity contribution in [3.63, 3.8) is 0 Å². The number of nitrogens with one attached hydrogen (secondary N) is 1. The molecule has 0 amide bonds. The first kappa shape index (κ1) is 18.1. The number of fused-ring (bicyclic) bond motifs is 3.